The molecule has 1 aromatic carbocycles. The van der Waals surface area contributed by atoms with Crippen molar-refractivity contribution in [2.45, 2.75) is 17.9 Å². The summed E-state index contributed by atoms with van der Waals surface area (Å²) in [6, 6.07) is 2.91. The van der Waals surface area contributed by atoms with E-state index in [0.29, 0.717) is 12.2 Å². The van der Waals surface area contributed by atoms with Gasteiger partial charge in [0.1, 0.15) is 11.0 Å². The van der Waals surface area contributed by atoms with Crippen molar-refractivity contribution in [3.63, 3.8) is 0 Å². The van der Waals surface area contributed by atoms with E-state index in [4.69, 9.17) is 20.9 Å². The van der Waals surface area contributed by atoms with Crippen molar-refractivity contribution in [3.05, 3.63) is 28.3 Å². The van der Waals surface area contributed by atoms with E-state index >= 15 is 0 Å². The van der Waals surface area contributed by atoms with Gasteiger partial charge in [-0.25, -0.2) is 0 Å². The van der Waals surface area contributed by atoms with Gasteiger partial charge in [-0.3, -0.25) is 4.55 Å². The number of ether oxygens (including phenoxy) is 1. The molecule has 15 heavy (non-hydrogen) atoms. The van der Waals surface area contributed by atoms with E-state index in [1.165, 1.54) is 6.07 Å². The molecule has 0 aromatic heterocycles. The number of halogens is 1. The lowest BCUT2D eigenvalue weighted by atomic mass is 10.1. The van der Waals surface area contributed by atoms with Gasteiger partial charge < -0.3 is 4.74 Å². The summed E-state index contributed by atoms with van der Waals surface area (Å²) < 4.78 is 35.9. The second-order valence-electron chi connectivity index (χ2n) is 3.39. The summed E-state index contributed by atoms with van der Waals surface area (Å²) in [6.45, 7) is 2.33. The first-order valence-corrected chi connectivity index (χ1v) is 6.11. The maximum Gasteiger partial charge on any atom is 0.296 e. The molecule has 0 saturated carbocycles. The molecule has 0 amide bonds. The van der Waals surface area contributed by atoms with Gasteiger partial charge in [-0.1, -0.05) is 17.7 Å². The third kappa shape index (κ3) is 2.01. The second kappa shape index (κ2) is 3.45. The Hall–Kier alpha value is -0.620. The normalized spacial score (nSPS) is 20.3. The van der Waals surface area contributed by atoms with Gasteiger partial charge >= 0.3 is 0 Å². The van der Waals surface area contributed by atoms with Gasteiger partial charge in [-0.2, -0.15) is 8.42 Å². The third-order valence-electron chi connectivity index (χ3n) is 2.35. The SMILES string of the molecule is Cc1c(C2CO2)ccc(S(=O)(=O)O)c1Cl. The Kier molecular flexibility index (Phi) is 2.50. The quantitative estimate of drug-likeness (QED) is 0.642. The molecule has 4 nitrogen and oxygen atoms in total. The molecular formula is C9H9ClO4S. The fourth-order valence-corrected chi connectivity index (χ4v) is 2.54. The highest BCUT2D eigenvalue weighted by atomic mass is 35.5. The predicted molar refractivity (Wildman–Crippen MR) is 54.7 cm³/mol. The van der Waals surface area contributed by atoms with Crippen molar-refractivity contribution in [3.8, 4) is 0 Å². The molecule has 0 aliphatic carbocycles. The van der Waals surface area contributed by atoms with Gasteiger partial charge in [-0.15, -0.1) is 0 Å². The van der Waals surface area contributed by atoms with Crippen LogP contribution >= 0.6 is 11.6 Å². The zero-order valence-electron chi connectivity index (χ0n) is 7.90. The standard InChI is InChI=1S/C9H9ClO4S/c1-5-6(7-4-14-7)2-3-8(9(5)10)15(11,12)13/h2-3,7H,4H2,1H3,(H,11,12,13). The van der Waals surface area contributed by atoms with Crippen LogP contribution in [0.25, 0.3) is 0 Å². The lowest BCUT2D eigenvalue weighted by Gasteiger charge is -2.08. The van der Waals surface area contributed by atoms with E-state index in [2.05, 4.69) is 0 Å². The Morgan fingerprint density at radius 2 is 2.13 bits per heavy atom. The average Bonchev–Trinajstić information content (AvgIpc) is 2.90. The largest absolute Gasteiger partial charge is 0.368 e. The first-order chi connectivity index (χ1) is 6.91. The monoisotopic (exact) mass is 248 g/mol. The van der Waals surface area contributed by atoms with Crippen molar-refractivity contribution in [1.82, 2.24) is 0 Å². The predicted octanol–water partition coefficient (Wildman–Crippen LogP) is 1.97. The highest BCUT2D eigenvalue weighted by Crippen LogP contribution is 2.37. The van der Waals surface area contributed by atoms with Gasteiger partial charge in [0.05, 0.1) is 11.6 Å². The summed E-state index contributed by atoms with van der Waals surface area (Å²) in [5, 5.41) is 0.0606. The molecule has 1 aliphatic heterocycles. The lowest BCUT2D eigenvalue weighted by molar-refractivity contribution is 0.414. The van der Waals surface area contributed by atoms with Crippen LogP contribution in [0.3, 0.4) is 0 Å². The summed E-state index contributed by atoms with van der Waals surface area (Å²) in [5.74, 6) is 0. The molecule has 82 valence electrons. The Morgan fingerprint density at radius 1 is 1.53 bits per heavy atom. The van der Waals surface area contributed by atoms with Gasteiger partial charge in [0.25, 0.3) is 10.1 Å². The Bertz CT molecular complexity index is 505. The highest BCUT2D eigenvalue weighted by Gasteiger charge is 2.29. The summed E-state index contributed by atoms with van der Waals surface area (Å²) >= 11 is 5.86. The fourth-order valence-electron chi connectivity index (χ4n) is 1.45. The van der Waals surface area contributed by atoms with Crippen LogP contribution in [-0.2, 0) is 14.9 Å². The van der Waals surface area contributed by atoms with Crippen molar-refractivity contribution in [1.29, 1.82) is 0 Å². The fraction of sp³-hybridized carbons (Fsp3) is 0.333. The van der Waals surface area contributed by atoms with Crippen molar-refractivity contribution < 1.29 is 17.7 Å². The van der Waals surface area contributed by atoms with Crippen LogP contribution in [0.2, 0.25) is 5.02 Å². The van der Waals surface area contributed by atoms with E-state index in [1.807, 2.05) is 0 Å². The minimum Gasteiger partial charge on any atom is -0.368 e. The Morgan fingerprint density at radius 3 is 2.60 bits per heavy atom. The van der Waals surface area contributed by atoms with Crippen LogP contribution in [-0.4, -0.2) is 19.6 Å². The van der Waals surface area contributed by atoms with E-state index in [1.54, 1.807) is 13.0 Å². The molecule has 0 bridgehead atoms. The third-order valence-corrected chi connectivity index (χ3v) is 3.85. The van der Waals surface area contributed by atoms with E-state index in [0.717, 1.165) is 5.56 Å². The topological polar surface area (TPSA) is 66.9 Å². The van der Waals surface area contributed by atoms with E-state index in [9.17, 15) is 8.42 Å². The van der Waals surface area contributed by atoms with Crippen LogP contribution in [0.15, 0.2) is 17.0 Å². The van der Waals surface area contributed by atoms with Gasteiger partial charge in [0, 0.05) is 0 Å². The van der Waals surface area contributed by atoms with Crippen LogP contribution in [0, 0.1) is 6.92 Å². The summed E-state index contributed by atoms with van der Waals surface area (Å²) in [6.07, 6.45) is 0.0120. The number of hydrogen-bond acceptors (Lipinski definition) is 3. The molecular weight excluding hydrogens is 240 g/mol. The minimum absolute atomic E-state index is 0.0120. The lowest BCUT2D eigenvalue weighted by Crippen LogP contribution is -2.01. The minimum atomic E-state index is -4.25. The maximum atomic E-state index is 10.9. The number of hydrogen-bond donors (Lipinski definition) is 1. The summed E-state index contributed by atoms with van der Waals surface area (Å²) in [7, 11) is -4.25. The Labute approximate surface area is 92.6 Å². The Balaban J connectivity index is 2.58. The highest BCUT2D eigenvalue weighted by molar-refractivity contribution is 7.86. The second-order valence-corrected chi connectivity index (χ2v) is 5.16. The average molecular weight is 249 g/mol. The molecule has 1 heterocycles. The van der Waals surface area contributed by atoms with E-state index in [-0.39, 0.29) is 16.0 Å². The van der Waals surface area contributed by atoms with Crippen molar-refractivity contribution in [2.75, 3.05) is 6.61 Å². The maximum absolute atomic E-state index is 10.9. The summed E-state index contributed by atoms with van der Waals surface area (Å²) in [4.78, 5) is -0.258. The molecule has 2 rings (SSSR count). The molecule has 0 radical (unpaired) electrons. The van der Waals surface area contributed by atoms with Crippen molar-refractivity contribution in [2.24, 2.45) is 0 Å². The number of rotatable bonds is 2. The molecule has 1 fully saturated rings. The first kappa shape index (κ1) is 10.9. The zero-order valence-corrected chi connectivity index (χ0v) is 9.47. The number of epoxide rings is 1. The van der Waals surface area contributed by atoms with Crippen LogP contribution in [0.1, 0.15) is 17.2 Å². The molecule has 6 heteroatoms. The number of benzene rings is 1. The molecule has 1 N–H and O–H groups in total. The zero-order chi connectivity index (χ0) is 11.2. The molecule has 1 atom stereocenters. The smallest absolute Gasteiger partial charge is 0.296 e. The van der Waals surface area contributed by atoms with Crippen molar-refractivity contribution >= 4 is 21.7 Å². The molecule has 0 spiro atoms. The van der Waals surface area contributed by atoms with Crippen LogP contribution in [0.5, 0.6) is 0 Å². The molecule has 1 unspecified atom stereocenters. The van der Waals surface area contributed by atoms with Gasteiger partial charge in [0.2, 0.25) is 0 Å². The van der Waals surface area contributed by atoms with E-state index < -0.39 is 10.1 Å². The molecule has 1 saturated heterocycles. The van der Waals surface area contributed by atoms with Crippen LogP contribution < -0.4 is 0 Å². The van der Waals surface area contributed by atoms with Crippen LogP contribution in [0.4, 0.5) is 0 Å². The summed E-state index contributed by atoms with van der Waals surface area (Å²) in [5.41, 5.74) is 1.50. The first-order valence-electron chi connectivity index (χ1n) is 4.29. The van der Waals surface area contributed by atoms with Gasteiger partial charge in [-0.05, 0) is 24.1 Å². The molecule has 1 aliphatic rings. The van der Waals surface area contributed by atoms with Gasteiger partial charge in [0.15, 0.2) is 0 Å². The molecule has 1 aromatic rings.